The predicted molar refractivity (Wildman–Crippen MR) is 115 cm³/mol. The van der Waals surface area contributed by atoms with E-state index >= 15 is 0 Å². The van der Waals surface area contributed by atoms with Crippen LogP contribution in [0.25, 0.3) is 16.8 Å². The summed E-state index contributed by atoms with van der Waals surface area (Å²) < 4.78 is 1.51. The second kappa shape index (κ2) is 7.72. The van der Waals surface area contributed by atoms with Gasteiger partial charge >= 0.3 is 0 Å². The van der Waals surface area contributed by atoms with Crippen molar-refractivity contribution in [1.29, 1.82) is 0 Å². The number of amides is 1. The van der Waals surface area contributed by atoms with Crippen LogP contribution in [0.15, 0.2) is 77.6 Å². The van der Waals surface area contributed by atoms with Crippen LogP contribution in [0.5, 0.6) is 0 Å². The van der Waals surface area contributed by atoms with E-state index in [1.807, 2.05) is 73.7 Å². The molecule has 5 heteroatoms. The summed E-state index contributed by atoms with van der Waals surface area (Å²) in [5.74, 6) is -0.243. The van der Waals surface area contributed by atoms with Gasteiger partial charge in [0.05, 0.1) is 12.1 Å². The highest BCUT2D eigenvalue weighted by Crippen LogP contribution is 2.19. The summed E-state index contributed by atoms with van der Waals surface area (Å²) in [4.78, 5) is 29.9. The van der Waals surface area contributed by atoms with Crippen LogP contribution in [0.2, 0.25) is 0 Å². The third kappa shape index (κ3) is 3.80. The van der Waals surface area contributed by atoms with Gasteiger partial charge in [0.1, 0.15) is 11.3 Å². The van der Waals surface area contributed by atoms with Crippen molar-refractivity contribution in [3.8, 4) is 11.1 Å². The zero-order valence-electron chi connectivity index (χ0n) is 16.3. The van der Waals surface area contributed by atoms with Crippen molar-refractivity contribution in [2.24, 2.45) is 0 Å². The lowest BCUT2D eigenvalue weighted by molar-refractivity contribution is -0.115. The Balaban J connectivity index is 1.55. The average molecular weight is 383 g/mol. The number of rotatable bonds is 4. The van der Waals surface area contributed by atoms with Crippen molar-refractivity contribution >= 4 is 17.2 Å². The van der Waals surface area contributed by atoms with E-state index in [9.17, 15) is 9.59 Å². The van der Waals surface area contributed by atoms with Crippen LogP contribution in [-0.2, 0) is 11.2 Å². The van der Waals surface area contributed by atoms with Crippen molar-refractivity contribution in [2.45, 2.75) is 20.3 Å². The molecule has 4 aromatic rings. The van der Waals surface area contributed by atoms with Crippen molar-refractivity contribution in [1.82, 2.24) is 9.38 Å². The van der Waals surface area contributed by atoms with Gasteiger partial charge in [0.25, 0.3) is 5.56 Å². The third-order valence-electron chi connectivity index (χ3n) is 4.92. The van der Waals surface area contributed by atoms with E-state index in [0.717, 1.165) is 22.4 Å². The molecule has 0 bridgehead atoms. The molecule has 0 saturated carbocycles. The van der Waals surface area contributed by atoms with Gasteiger partial charge < -0.3 is 5.32 Å². The molecular formula is C24H21N3O2. The minimum Gasteiger partial charge on any atom is -0.320 e. The van der Waals surface area contributed by atoms with Crippen LogP contribution in [0, 0.1) is 13.8 Å². The lowest BCUT2D eigenvalue weighted by Gasteiger charge is -2.11. The fourth-order valence-corrected chi connectivity index (χ4v) is 3.41. The van der Waals surface area contributed by atoms with Crippen molar-refractivity contribution < 1.29 is 4.79 Å². The summed E-state index contributed by atoms with van der Waals surface area (Å²) >= 11 is 0. The van der Waals surface area contributed by atoms with Gasteiger partial charge in [-0.1, -0.05) is 60.7 Å². The molecule has 0 atom stereocenters. The molecule has 0 fully saturated rings. The summed E-state index contributed by atoms with van der Waals surface area (Å²) in [6.45, 7) is 3.57. The molecule has 0 saturated heterocycles. The van der Waals surface area contributed by atoms with E-state index in [-0.39, 0.29) is 23.6 Å². The monoisotopic (exact) mass is 383 g/mol. The highest BCUT2D eigenvalue weighted by Gasteiger charge is 2.14. The molecule has 4 rings (SSSR count). The van der Waals surface area contributed by atoms with Crippen LogP contribution in [0.4, 0.5) is 5.69 Å². The number of hydrogen-bond acceptors (Lipinski definition) is 3. The molecule has 1 N–H and O–H groups in total. The molecular weight excluding hydrogens is 362 g/mol. The number of fused-ring (bicyclic) bond motifs is 1. The van der Waals surface area contributed by atoms with Gasteiger partial charge in [-0.25, -0.2) is 4.98 Å². The normalized spacial score (nSPS) is 10.8. The van der Waals surface area contributed by atoms with E-state index < -0.39 is 0 Å². The maximum absolute atomic E-state index is 12.9. The second-order valence-corrected chi connectivity index (χ2v) is 7.03. The number of hydrogen-bond donors (Lipinski definition) is 1. The highest BCUT2D eigenvalue weighted by molar-refractivity contribution is 5.92. The van der Waals surface area contributed by atoms with Crippen molar-refractivity contribution in [2.75, 3.05) is 5.32 Å². The Hall–Kier alpha value is -3.73. The number of anilines is 1. The van der Waals surface area contributed by atoms with Gasteiger partial charge in [0.2, 0.25) is 5.91 Å². The van der Waals surface area contributed by atoms with Crippen LogP contribution < -0.4 is 10.9 Å². The van der Waals surface area contributed by atoms with Crippen LogP contribution in [0.3, 0.4) is 0 Å². The predicted octanol–water partition coefficient (Wildman–Crippen LogP) is 4.16. The topological polar surface area (TPSA) is 63.5 Å². The van der Waals surface area contributed by atoms with E-state index in [1.165, 1.54) is 4.40 Å². The van der Waals surface area contributed by atoms with E-state index in [0.29, 0.717) is 11.3 Å². The molecule has 0 aliphatic rings. The first-order chi connectivity index (χ1) is 14.0. The molecule has 2 aromatic heterocycles. The van der Waals surface area contributed by atoms with E-state index in [4.69, 9.17) is 0 Å². The first-order valence-corrected chi connectivity index (χ1v) is 9.46. The summed E-state index contributed by atoms with van der Waals surface area (Å²) in [5.41, 5.74) is 4.91. The maximum Gasteiger partial charge on any atom is 0.282 e. The molecule has 0 aliphatic carbocycles. The zero-order valence-corrected chi connectivity index (χ0v) is 16.3. The van der Waals surface area contributed by atoms with Gasteiger partial charge in [-0.15, -0.1) is 0 Å². The Morgan fingerprint density at radius 2 is 1.59 bits per heavy atom. The first-order valence-electron chi connectivity index (χ1n) is 9.46. The molecule has 29 heavy (non-hydrogen) atoms. The van der Waals surface area contributed by atoms with Gasteiger partial charge in [0.15, 0.2) is 0 Å². The molecule has 144 valence electrons. The van der Waals surface area contributed by atoms with E-state index in [2.05, 4.69) is 10.3 Å². The minimum absolute atomic E-state index is 0.185. The summed E-state index contributed by atoms with van der Waals surface area (Å²) in [5, 5.41) is 2.76. The number of nitrogens with one attached hydrogen (secondary N) is 1. The second-order valence-electron chi connectivity index (χ2n) is 7.03. The molecule has 0 aliphatic heterocycles. The molecule has 0 unspecified atom stereocenters. The highest BCUT2D eigenvalue weighted by atomic mass is 16.2. The standard InChI is InChI=1S/C24H21N3O2/c1-16-7-6-10-21-25-17(2)23(24(29)27(16)21)26-22(28)15-18-11-13-20(14-12-18)19-8-4-3-5-9-19/h3-14H,15H2,1-2H3,(H,26,28). The summed E-state index contributed by atoms with van der Waals surface area (Å²) in [7, 11) is 0. The molecule has 2 heterocycles. The molecule has 1 amide bonds. The fourth-order valence-electron chi connectivity index (χ4n) is 3.41. The number of pyridine rings is 1. The quantitative estimate of drug-likeness (QED) is 0.576. The number of benzene rings is 2. The molecule has 0 radical (unpaired) electrons. The number of nitrogens with zero attached hydrogens (tertiary/aromatic N) is 2. The Morgan fingerprint density at radius 3 is 2.31 bits per heavy atom. The minimum atomic E-state index is -0.265. The van der Waals surface area contributed by atoms with Crippen molar-refractivity contribution in [3.05, 3.63) is 100 Å². The summed E-state index contributed by atoms with van der Waals surface area (Å²) in [6.07, 6.45) is 0.185. The van der Waals surface area contributed by atoms with Gasteiger partial charge in [0, 0.05) is 5.69 Å². The number of carbonyl (C=O) groups excluding carboxylic acids is 1. The Kier molecular flexibility index (Phi) is 4.96. The van der Waals surface area contributed by atoms with Gasteiger partial charge in [-0.3, -0.25) is 14.0 Å². The van der Waals surface area contributed by atoms with E-state index in [1.54, 1.807) is 13.0 Å². The van der Waals surface area contributed by atoms with Crippen LogP contribution >= 0.6 is 0 Å². The van der Waals surface area contributed by atoms with Crippen molar-refractivity contribution in [3.63, 3.8) is 0 Å². The lowest BCUT2D eigenvalue weighted by Crippen LogP contribution is -2.26. The van der Waals surface area contributed by atoms with Gasteiger partial charge in [-0.2, -0.15) is 0 Å². The first kappa shape index (κ1) is 18.6. The number of aromatic nitrogens is 2. The largest absolute Gasteiger partial charge is 0.320 e. The zero-order chi connectivity index (χ0) is 20.4. The van der Waals surface area contributed by atoms with Gasteiger partial charge in [-0.05, 0) is 42.7 Å². The van der Waals surface area contributed by atoms with Crippen LogP contribution in [0.1, 0.15) is 17.0 Å². The maximum atomic E-state index is 12.9. The fraction of sp³-hybridized carbons (Fsp3) is 0.125. The molecule has 0 spiro atoms. The van der Waals surface area contributed by atoms with Crippen LogP contribution in [-0.4, -0.2) is 15.3 Å². The average Bonchev–Trinajstić information content (AvgIpc) is 2.72. The Labute approximate surface area is 168 Å². The smallest absolute Gasteiger partial charge is 0.282 e. The lowest BCUT2D eigenvalue weighted by atomic mass is 10.0. The summed E-state index contributed by atoms with van der Waals surface area (Å²) in [6, 6.07) is 23.4. The third-order valence-corrected chi connectivity index (χ3v) is 4.92. The Morgan fingerprint density at radius 1 is 0.897 bits per heavy atom. The molecule has 2 aromatic carbocycles. The SMILES string of the molecule is Cc1nc2cccc(C)n2c(=O)c1NC(=O)Cc1ccc(-c2ccccc2)cc1. The number of carbonyl (C=O) groups is 1. The Bertz CT molecular complexity index is 1240. The molecule has 5 nitrogen and oxygen atoms in total. The number of aryl methyl sites for hydroxylation is 2.